The quantitative estimate of drug-likeness (QED) is 0.536. The van der Waals surface area contributed by atoms with Crippen LogP contribution in [0.15, 0.2) is 12.7 Å². The van der Waals surface area contributed by atoms with E-state index in [-0.39, 0.29) is 12.4 Å². The molecule has 3 nitrogen and oxygen atoms in total. The maximum Gasteiger partial charge on any atom is 0.308 e. The van der Waals surface area contributed by atoms with Crippen LogP contribution in [0.1, 0.15) is 33.6 Å². The summed E-state index contributed by atoms with van der Waals surface area (Å²) in [5.74, 6) is -0.373. The summed E-state index contributed by atoms with van der Waals surface area (Å²) in [6, 6.07) is 0. The van der Waals surface area contributed by atoms with Crippen molar-refractivity contribution in [1.82, 2.24) is 0 Å². The predicted octanol–water partition coefficient (Wildman–Crippen LogP) is 1.66. The second-order valence-corrected chi connectivity index (χ2v) is 3.97. The Morgan fingerprint density at radius 2 is 2.15 bits per heavy atom. The summed E-state index contributed by atoms with van der Waals surface area (Å²) in [4.78, 5) is 11.1. The highest BCUT2D eigenvalue weighted by molar-refractivity contribution is 5.70. The molecule has 13 heavy (non-hydrogen) atoms. The van der Waals surface area contributed by atoms with Gasteiger partial charge in [0.05, 0.1) is 12.5 Å². The maximum absolute atomic E-state index is 11.1. The number of carbonyl (C=O) groups is 1. The van der Waals surface area contributed by atoms with Crippen LogP contribution in [-0.4, -0.2) is 22.8 Å². The van der Waals surface area contributed by atoms with Crippen molar-refractivity contribution in [3.63, 3.8) is 0 Å². The number of aliphatic hydroxyl groups is 1. The smallest absolute Gasteiger partial charge is 0.308 e. The van der Waals surface area contributed by atoms with Crippen molar-refractivity contribution in [3.05, 3.63) is 12.7 Å². The highest BCUT2D eigenvalue weighted by Gasteiger charge is 2.18. The molecule has 0 aliphatic carbocycles. The molecule has 0 fully saturated rings. The molecule has 1 atom stereocenters. The van der Waals surface area contributed by atoms with Gasteiger partial charge in [-0.25, -0.2) is 0 Å². The lowest BCUT2D eigenvalue weighted by atomic mass is 10.1. The molecule has 1 unspecified atom stereocenters. The number of hydrogen-bond donors (Lipinski definition) is 1. The molecule has 0 spiro atoms. The van der Waals surface area contributed by atoms with Crippen LogP contribution >= 0.6 is 0 Å². The van der Waals surface area contributed by atoms with Gasteiger partial charge in [-0.2, -0.15) is 0 Å². The second-order valence-electron chi connectivity index (χ2n) is 3.97. The number of ether oxygens (including phenoxy) is 1. The Hall–Kier alpha value is -0.830. The van der Waals surface area contributed by atoms with Gasteiger partial charge in [0.15, 0.2) is 0 Å². The van der Waals surface area contributed by atoms with Gasteiger partial charge in [0.2, 0.25) is 0 Å². The molecule has 0 saturated heterocycles. The number of esters is 1. The molecule has 1 N–H and O–H groups in total. The van der Waals surface area contributed by atoms with Crippen molar-refractivity contribution >= 4 is 5.97 Å². The molecule has 0 aromatic rings. The summed E-state index contributed by atoms with van der Waals surface area (Å²) in [5, 5.41) is 9.24. The Bertz CT molecular complexity index is 179. The summed E-state index contributed by atoms with van der Waals surface area (Å²) in [6.07, 6.45) is 1.35. The van der Waals surface area contributed by atoms with E-state index in [0.717, 1.165) is 0 Å². The normalized spacial score (nSPS) is 13.5. The van der Waals surface area contributed by atoms with E-state index in [9.17, 15) is 9.90 Å². The molecule has 76 valence electrons. The number of rotatable bonds is 4. The lowest BCUT2D eigenvalue weighted by Gasteiger charge is -2.20. The Balaban J connectivity index is 3.81. The minimum atomic E-state index is -0.674. The van der Waals surface area contributed by atoms with Crippen LogP contribution in [0.5, 0.6) is 0 Å². The summed E-state index contributed by atoms with van der Waals surface area (Å²) in [6.45, 7) is 8.86. The van der Waals surface area contributed by atoms with Crippen LogP contribution in [0.4, 0.5) is 0 Å². The van der Waals surface area contributed by atoms with E-state index >= 15 is 0 Å². The van der Waals surface area contributed by atoms with Gasteiger partial charge >= 0.3 is 5.97 Å². The van der Waals surface area contributed by atoms with Gasteiger partial charge in [-0.1, -0.05) is 6.08 Å². The van der Waals surface area contributed by atoms with Gasteiger partial charge in [-0.15, -0.1) is 6.58 Å². The topological polar surface area (TPSA) is 46.5 Å². The van der Waals surface area contributed by atoms with Crippen LogP contribution in [0.25, 0.3) is 0 Å². The molecule has 0 radical (unpaired) electrons. The summed E-state index contributed by atoms with van der Waals surface area (Å²) in [5.41, 5.74) is -0.481. The minimum Gasteiger partial charge on any atom is -0.460 e. The first-order valence-electron chi connectivity index (χ1n) is 4.36. The van der Waals surface area contributed by atoms with Gasteiger partial charge in [0.25, 0.3) is 0 Å². The Kier molecular flexibility index (Phi) is 4.70. The Morgan fingerprint density at radius 1 is 1.62 bits per heavy atom. The van der Waals surface area contributed by atoms with Crippen molar-refractivity contribution in [2.24, 2.45) is 0 Å². The third kappa shape index (κ3) is 7.53. The SMILES string of the molecule is C=CCC(O)CC(=O)OC(C)(C)C. The van der Waals surface area contributed by atoms with Crippen molar-refractivity contribution in [3.8, 4) is 0 Å². The average molecular weight is 186 g/mol. The van der Waals surface area contributed by atoms with Gasteiger partial charge in [0, 0.05) is 0 Å². The lowest BCUT2D eigenvalue weighted by Crippen LogP contribution is -2.26. The first kappa shape index (κ1) is 12.2. The van der Waals surface area contributed by atoms with E-state index in [0.29, 0.717) is 6.42 Å². The molecular formula is C10H18O3. The van der Waals surface area contributed by atoms with Gasteiger partial charge in [0.1, 0.15) is 5.60 Å². The molecule has 0 aliphatic rings. The van der Waals surface area contributed by atoms with E-state index in [1.165, 1.54) is 0 Å². The second kappa shape index (κ2) is 5.02. The molecule has 0 saturated carbocycles. The van der Waals surface area contributed by atoms with E-state index in [1.54, 1.807) is 26.8 Å². The van der Waals surface area contributed by atoms with Crippen molar-refractivity contribution < 1.29 is 14.6 Å². The van der Waals surface area contributed by atoms with Crippen LogP contribution < -0.4 is 0 Å². The zero-order chi connectivity index (χ0) is 10.5. The number of hydrogen-bond acceptors (Lipinski definition) is 3. The highest BCUT2D eigenvalue weighted by Crippen LogP contribution is 2.10. The van der Waals surface area contributed by atoms with Crippen molar-refractivity contribution in [1.29, 1.82) is 0 Å². The van der Waals surface area contributed by atoms with Crippen LogP contribution in [0.2, 0.25) is 0 Å². The molecule has 0 heterocycles. The first-order valence-corrected chi connectivity index (χ1v) is 4.36. The largest absolute Gasteiger partial charge is 0.460 e. The lowest BCUT2D eigenvalue weighted by molar-refractivity contribution is -0.156. The number of aliphatic hydroxyl groups excluding tert-OH is 1. The third-order valence-electron chi connectivity index (χ3n) is 1.26. The van der Waals surface area contributed by atoms with Gasteiger partial charge in [-0.3, -0.25) is 4.79 Å². The first-order chi connectivity index (χ1) is 5.85. The summed E-state index contributed by atoms with van der Waals surface area (Å²) < 4.78 is 5.02. The van der Waals surface area contributed by atoms with E-state index in [1.807, 2.05) is 0 Å². The monoisotopic (exact) mass is 186 g/mol. The fourth-order valence-electron chi connectivity index (χ4n) is 0.851. The van der Waals surface area contributed by atoms with Crippen LogP contribution in [-0.2, 0) is 9.53 Å². The van der Waals surface area contributed by atoms with Gasteiger partial charge < -0.3 is 9.84 Å². The summed E-state index contributed by atoms with van der Waals surface area (Å²) in [7, 11) is 0. The molecular weight excluding hydrogens is 168 g/mol. The molecule has 0 aromatic heterocycles. The van der Waals surface area contributed by atoms with E-state index in [2.05, 4.69) is 6.58 Å². The third-order valence-corrected chi connectivity index (χ3v) is 1.26. The Labute approximate surface area is 79.4 Å². The Morgan fingerprint density at radius 3 is 2.54 bits per heavy atom. The zero-order valence-corrected chi connectivity index (χ0v) is 8.54. The standard InChI is InChI=1S/C10H18O3/c1-5-6-8(11)7-9(12)13-10(2,3)4/h5,8,11H,1,6-7H2,2-4H3. The van der Waals surface area contributed by atoms with Gasteiger partial charge in [-0.05, 0) is 27.2 Å². The van der Waals surface area contributed by atoms with E-state index < -0.39 is 11.7 Å². The summed E-state index contributed by atoms with van der Waals surface area (Å²) >= 11 is 0. The number of carbonyl (C=O) groups excluding carboxylic acids is 1. The van der Waals surface area contributed by atoms with Crippen molar-refractivity contribution in [2.75, 3.05) is 0 Å². The highest BCUT2D eigenvalue weighted by atomic mass is 16.6. The molecule has 0 bridgehead atoms. The predicted molar refractivity (Wildman–Crippen MR) is 51.3 cm³/mol. The average Bonchev–Trinajstić information content (AvgIpc) is 1.81. The fourth-order valence-corrected chi connectivity index (χ4v) is 0.851. The zero-order valence-electron chi connectivity index (χ0n) is 8.54. The maximum atomic E-state index is 11.1. The van der Waals surface area contributed by atoms with Crippen molar-refractivity contribution in [2.45, 2.75) is 45.3 Å². The fraction of sp³-hybridized carbons (Fsp3) is 0.700. The van der Waals surface area contributed by atoms with E-state index in [4.69, 9.17) is 4.74 Å². The molecule has 0 rings (SSSR count). The van der Waals surface area contributed by atoms with Crippen LogP contribution in [0, 0.1) is 0 Å². The minimum absolute atomic E-state index is 0.0310. The molecule has 0 aliphatic heterocycles. The van der Waals surface area contributed by atoms with Crippen LogP contribution in [0.3, 0.4) is 0 Å². The molecule has 0 aromatic carbocycles. The molecule has 0 amide bonds. The molecule has 3 heteroatoms.